The van der Waals surface area contributed by atoms with Gasteiger partial charge < -0.3 is 5.73 Å². The molecule has 0 saturated heterocycles. The molecule has 0 aliphatic rings. The zero-order valence-electron chi connectivity index (χ0n) is 4.65. The van der Waals surface area contributed by atoms with Gasteiger partial charge in [0, 0.05) is 12.6 Å². The molecule has 0 aromatic carbocycles. The fourth-order valence-electron chi connectivity index (χ4n) is 0.311. The van der Waals surface area contributed by atoms with Gasteiger partial charge in [-0.2, -0.15) is 0 Å². The number of rotatable bonds is 3. The fraction of sp³-hybridized carbons (Fsp3) is 1.00. The topological polar surface area (TPSA) is 64.1 Å². The zero-order chi connectivity index (χ0) is 5.70. The molecule has 0 fully saturated rings. The number of hydrogen-bond donors (Lipinski definition) is 3. The minimum Gasteiger partial charge on any atom is -0.328 e. The minimum absolute atomic E-state index is 0.260. The van der Waals surface area contributed by atoms with Crippen molar-refractivity contribution in [1.29, 1.82) is 0 Å². The van der Waals surface area contributed by atoms with E-state index in [4.69, 9.17) is 11.6 Å². The van der Waals surface area contributed by atoms with Gasteiger partial charge in [-0.15, -0.1) is 0 Å². The first-order valence-corrected chi connectivity index (χ1v) is 2.46. The smallest absolute Gasteiger partial charge is 0.0112 e. The second-order valence-corrected chi connectivity index (χ2v) is 1.72. The van der Waals surface area contributed by atoms with Crippen LogP contribution < -0.4 is 17.0 Å². The van der Waals surface area contributed by atoms with E-state index in [1.54, 1.807) is 0 Å². The quantitative estimate of drug-likeness (QED) is 0.323. The predicted molar refractivity (Wildman–Crippen MR) is 30.5 cm³/mol. The van der Waals surface area contributed by atoms with Gasteiger partial charge in [0.25, 0.3) is 0 Å². The molecule has 0 saturated carbocycles. The van der Waals surface area contributed by atoms with E-state index in [-0.39, 0.29) is 6.04 Å². The van der Waals surface area contributed by atoms with E-state index in [2.05, 4.69) is 5.43 Å². The maximum Gasteiger partial charge on any atom is 0.0112 e. The summed E-state index contributed by atoms with van der Waals surface area (Å²) in [6, 6.07) is 0.260. The third kappa shape index (κ3) is 5.88. The number of nitrogens with one attached hydrogen (secondary N) is 1. The molecule has 0 aliphatic heterocycles. The molecule has 0 aromatic rings. The second kappa shape index (κ2) is 4.05. The van der Waals surface area contributed by atoms with Gasteiger partial charge in [0.05, 0.1) is 0 Å². The third-order valence-electron chi connectivity index (χ3n) is 0.744. The Labute approximate surface area is 44.0 Å². The molecule has 0 amide bonds. The van der Waals surface area contributed by atoms with E-state index in [1.807, 2.05) is 6.92 Å². The van der Waals surface area contributed by atoms with Crippen LogP contribution in [0.2, 0.25) is 0 Å². The van der Waals surface area contributed by atoms with E-state index >= 15 is 0 Å². The van der Waals surface area contributed by atoms with Crippen molar-refractivity contribution in [3.8, 4) is 0 Å². The predicted octanol–water partition coefficient (Wildman–Crippen LogP) is -0.813. The highest BCUT2D eigenvalue weighted by atomic mass is 15.2. The van der Waals surface area contributed by atoms with Crippen molar-refractivity contribution in [2.45, 2.75) is 19.4 Å². The molecule has 3 heteroatoms. The molecule has 0 heterocycles. The van der Waals surface area contributed by atoms with Gasteiger partial charge in [-0.25, -0.2) is 0 Å². The summed E-state index contributed by atoms with van der Waals surface area (Å²) in [4.78, 5) is 0. The van der Waals surface area contributed by atoms with E-state index in [9.17, 15) is 0 Å². The Bertz CT molecular complexity index is 35.9. The zero-order valence-corrected chi connectivity index (χ0v) is 4.65. The molecule has 1 unspecified atom stereocenters. The molecular weight excluding hydrogens is 90.1 g/mol. The van der Waals surface area contributed by atoms with Crippen molar-refractivity contribution < 1.29 is 0 Å². The van der Waals surface area contributed by atoms with Crippen molar-refractivity contribution in [1.82, 2.24) is 5.43 Å². The summed E-state index contributed by atoms with van der Waals surface area (Å²) in [5.41, 5.74) is 7.90. The first-order chi connectivity index (χ1) is 3.27. The maximum absolute atomic E-state index is 5.38. The summed E-state index contributed by atoms with van der Waals surface area (Å²) < 4.78 is 0. The van der Waals surface area contributed by atoms with Gasteiger partial charge in [-0.05, 0) is 13.3 Å². The van der Waals surface area contributed by atoms with Crippen molar-refractivity contribution in [2.24, 2.45) is 11.6 Å². The highest BCUT2D eigenvalue weighted by molar-refractivity contribution is 4.51. The second-order valence-electron chi connectivity index (χ2n) is 1.72. The van der Waals surface area contributed by atoms with E-state index in [0.717, 1.165) is 13.0 Å². The standard InChI is InChI=1S/C4H13N3/c1-4(5)2-3-7-6/h4,7H,2-3,5-6H2,1H3. The Morgan fingerprint density at radius 1 is 1.71 bits per heavy atom. The van der Waals surface area contributed by atoms with Crippen LogP contribution in [-0.2, 0) is 0 Å². The molecule has 0 aliphatic carbocycles. The molecule has 5 N–H and O–H groups in total. The van der Waals surface area contributed by atoms with E-state index in [1.165, 1.54) is 0 Å². The van der Waals surface area contributed by atoms with Crippen LogP contribution in [0.4, 0.5) is 0 Å². The molecule has 0 spiro atoms. The van der Waals surface area contributed by atoms with Gasteiger partial charge >= 0.3 is 0 Å². The molecule has 0 bridgehead atoms. The van der Waals surface area contributed by atoms with E-state index in [0.29, 0.717) is 0 Å². The Morgan fingerprint density at radius 2 is 2.29 bits per heavy atom. The summed E-state index contributed by atoms with van der Waals surface area (Å²) in [5.74, 6) is 4.97. The number of nitrogens with two attached hydrogens (primary N) is 2. The molecule has 1 atom stereocenters. The van der Waals surface area contributed by atoms with Gasteiger partial charge in [-0.3, -0.25) is 11.3 Å². The van der Waals surface area contributed by atoms with Gasteiger partial charge in [-0.1, -0.05) is 0 Å². The normalized spacial score (nSPS) is 14.1. The summed E-state index contributed by atoms with van der Waals surface area (Å²) >= 11 is 0. The Balaban J connectivity index is 2.68. The minimum atomic E-state index is 0.260. The third-order valence-corrected chi connectivity index (χ3v) is 0.744. The van der Waals surface area contributed by atoms with Gasteiger partial charge in [0.1, 0.15) is 0 Å². The van der Waals surface area contributed by atoms with Gasteiger partial charge in [0.15, 0.2) is 0 Å². The number of hydrazine groups is 1. The SMILES string of the molecule is CC(N)CCNN. The summed E-state index contributed by atoms with van der Waals surface area (Å²) in [5, 5.41) is 0. The Kier molecular flexibility index (Phi) is 3.98. The van der Waals surface area contributed by atoms with Crippen LogP contribution in [0.1, 0.15) is 13.3 Å². The van der Waals surface area contributed by atoms with Crippen LogP contribution in [0.25, 0.3) is 0 Å². The highest BCUT2D eigenvalue weighted by Gasteiger charge is 1.88. The maximum atomic E-state index is 5.38. The van der Waals surface area contributed by atoms with Crippen LogP contribution in [-0.4, -0.2) is 12.6 Å². The van der Waals surface area contributed by atoms with Crippen LogP contribution in [0.15, 0.2) is 0 Å². The molecular formula is C4H13N3. The van der Waals surface area contributed by atoms with Crippen LogP contribution in [0.5, 0.6) is 0 Å². The number of hydrogen-bond acceptors (Lipinski definition) is 3. The van der Waals surface area contributed by atoms with Crippen molar-refractivity contribution >= 4 is 0 Å². The first kappa shape index (κ1) is 6.88. The van der Waals surface area contributed by atoms with Crippen LogP contribution in [0.3, 0.4) is 0 Å². The van der Waals surface area contributed by atoms with Crippen molar-refractivity contribution in [3.05, 3.63) is 0 Å². The summed E-state index contributed by atoms with van der Waals surface area (Å²) in [6.07, 6.45) is 0.941. The van der Waals surface area contributed by atoms with Crippen LogP contribution >= 0.6 is 0 Å². The fourth-order valence-corrected chi connectivity index (χ4v) is 0.311. The summed E-state index contributed by atoms with van der Waals surface area (Å²) in [6.45, 7) is 2.76. The average molecular weight is 103 g/mol. The lowest BCUT2D eigenvalue weighted by Crippen LogP contribution is -2.28. The first-order valence-electron chi connectivity index (χ1n) is 2.46. The lowest BCUT2D eigenvalue weighted by Gasteiger charge is -2.00. The average Bonchev–Trinajstić information content (AvgIpc) is 1.61. The Hall–Kier alpha value is -0.120. The lowest BCUT2D eigenvalue weighted by atomic mass is 10.3. The largest absolute Gasteiger partial charge is 0.328 e. The molecule has 0 radical (unpaired) electrons. The molecule has 3 nitrogen and oxygen atoms in total. The van der Waals surface area contributed by atoms with E-state index < -0.39 is 0 Å². The van der Waals surface area contributed by atoms with Crippen molar-refractivity contribution in [3.63, 3.8) is 0 Å². The highest BCUT2D eigenvalue weighted by Crippen LogP contribution is 1.79. The summed E-state index contributed by atoms with van der Waals surface area (Å²) in [7, 11) is 0. The molecule has 44 valence electrons. The Morgan fingerprint density at radius 3 is 2.43 bits per heavy atom. The molecule has 0 rings (SSSR count). The molecule has 7 heavy (non-hydrogen) atoms. The van der Waals surface area contributed by atoms with Crippen molar-refractivity contribution in [2.75, 3.05) is 6.54 Å². The monoisotopic (exact) mass is 103 g/mol. The van der Waals surface area contributed by atoms with Crippen LogP contribution in [0, 0.1) is 0 Å². The van der Waals surface area contributed by atoms with Gasteiger partial charge in [0.2, 0.25) is 0 Å². The molecule has 0 aromatic heterocycles. The lowest BCUT2D eigenvalue weighted by molar-refractivity contribution is 0.605.